The van der Waals surface area contributed by atoms with Crippen LogP contribution in [0.3, 0.4) is 0 Å². The third-order valence-corrected chi connectivity index (χ3v) is 9.11. The van der Waals surface area contributed by atoms with Gasteiger partial charge in [0.1, 0.15) is 6.04 Å². The van der Waals surface area contributed by atoms with Gasteiger partial charge < -0.3 is 31.4 Å². The quantitative estimate of drug-likeness (QED) is 0.165. The summed E-state index contributed by atoms with van der Waals surface area (Å²) in [5.41, 5.74) is 8.59. The summed E-state index contributed by atoms with van der Waals surface area (Å²) in [6, 6.07) is 20.0. The minimum Gasteiger partial charge on any atom is -0.480 e. The number of carboxylic acid groups (broad SMARTS) is 1. The fourth-order valence-corrected chi connectivity index (χ4v) is 6.74. The Balaban J connectivity index is 1.34. The minimum atomic E-state index is -1.07. The number of carbonyl (C=O) groups is 3. The molecule has 0 saturated carbocycles. The lowest BCUT2D eigenvalue weighted by Crippen LogP contribution is -2.57. The first-order chi connectivity index (χ1) is 20.9. The van der Waals surface area contributed by atoms with Gasteiger partial charge in [0.25, 0.3) is 0 Å². The first kappa shape index (κ1) is 30.6. The second kappa shape index (κ2) is 14.5. The van der Waals surface area contributed by atoms with Crippen molar-refractivity contribution >= 4 is 51.2 Å². The monoisotopic (exact) mass is 601 g/mol. The molecular weight excluding hydrogens is 562 g/mol. The van der Waals surface area contributed by atoms with E-state index in [0.717, 1.165) is 45.6 Å². The molecule has 1 aliphatic rings. The van der Waals surface area contributed by atoms with Crippen LogP contribution in [0.4, 0.5) is 0 Å². The largest absolute Gasteiger partial charge is 0.480 e. The molecule has 0 spiro atoms. The van der Waals surface area contributed by atoms with Gasteiger partial charge in [0, 0.05) is 48.4 Å². The van der Waals surface area contributed by atoms with E-state index in [4.69, 9.17) is 5.73 Å². The van der Waals surface area contributed by atoms with Gasteiger partial charge in [-0.2, -0.15) is 0 Å². The van der Waals surface area contributed by atoms with E-state index in [1.165, 1.54) is 16.7 Å². The van der Waals surface area contributed by atoms with Crippen molar-refractivity contribution in [3.05, 3.63) is 84.1 Å². The number of aliphatic carboxylic acids is 1. The molecule has 5 rings (SSSR count). The molecule has 226 valence electrons. The third-order valence-electron chi connectivity index (χ3n) is 8.09. The summed E-state index contributed by atoms with van der Waals surface area (Å²) in [7, 11) is 0. The van der Waals surface area contributed by atoms with Crippen LogP contribution in [0.1, 0.15) is 30.4 Å². The Morgan fingerprint density at radius 1 is 1.02 bits per heavy atom. The maximum absolute atomic E-state index is 13.6. The average molecular weight is 602 g/mol. The van der Waals surface area contributed by atoms with Gasteiger partial charge in [-0.3, -0.25) is 9.59 Å². The number of thioether (sulfide) groups is 1. The number of unbranched alkanes of at least 4 members (excludes halogenated alkanes) is 1. The highest BCUT2D eigenvalue weighted by Crippen LogP contribution is 2.23. The van der Waals surface area contributed by atoms with Gasteiger partial charge in [-0.05, 0) is 47.4 Å². The lowest BCUT2D eigenvalue weighted by atomic mass is 10.0. The molecule has 1 saturated heterocycles. The van der Waals surface area contributed by atoms with E-state index in [2.05, 4.69) is 39.9 Å². The topological polar surface area (TPSA) is 141 Å². The number of rotatable bonds is 11. The van der Waals surface area contributed by atoms with Crippen molar-refractivity contribution in [1.82, 2.24) is 20.5 Å². The van der Waals surface area contributed by atoms with Gasteiger partial charge >= 0.3 is 5.97 Å². The molecule has 0 bridgehead atoms. The Hall–Kier alpha value is -3.86. The van der Waals surface area contributed by atoms with Crippen molar-refractivity contribution in [3.8, 4) is 0 Å². The molecule has 3 aromatic carbocycles. The SMILES string of the molecule is NCCCC[C@H]1CN([C@@H](Cc2c[nH]c3ccccc23)C(=O)O)C(=O)CSC[C@H](NCc2cccc3ccccc23)C(=O)N1. The summed E-state index contributed by atoms with van der Waals surface area (Å²) in [5.74, 6) is -0.991. The highest BCUT2D eigenvalue weighted by atomic mass is 32.2. The zero-order valence-corrected chi connectivity index (χ0v) is 24.9. The van der Waals surface area contributed by atoms with Crippen LogP contribution in [0.2, 0.25) is 0 Å². The van der Waals surface area contributed by atoms with Crippen LogP contribution in [-0.4, -0.2) is 75.5 Å². The molecule has 2 amide bonds. The van der Waals surface area contributed by atoms with Crippen molar-refractivity contribution in [2.45, 2.75) is 50.4 Å². The molecule has 0 aliphatic carbocycles. The van der Waals surface area contributed by atoms with Crippen LogP contribution >= 0.6 is 11.8 Å². The number of carbonyl (C=O) groups excluding carboxylic acids is 2. The Bertz CT molecular complexity index is 1570. The van der Waals surface area contributed by atoms with Gasteiger partial charge in [-0.25, -0.2) is 4.79 Å². The molecule has 10 heteroatoms. The second-order valence-electron chi connectivity index (χ2n) is 11.0. The predicted octanol–water partition coefficient (Wildman–Crippen LogP) is 3.66. The number of nitrogens with one attached hydrogen (secondary N) is 3. The molecule has 4 aromatic rings. The smallest absolute Gasteiger partial charge is 0.326 e. The van der Waals surface area contributed by atoms with E-state index in [0.29, 0.717) is 25.3 Å². The van der Waals surface area contributed by atoms with E-state index < -0.39 is 24.1 Å². The fourth-order valence-electron chi connectivity index (χ4n) is 5.78. The number of carboxylic acids is 1. The predicted molar refractivity (Wildman–Crippen MR) is 172 cm³/mol. The lowest BCUT2D eigenvalue weighted by Gasteiger charge is -2.34. The zero-order valence-electron chi connectivity index (χ0n) is 24.1. The molecule has 43 heavy (non-hydrogen) atoms. The van der Waals surface area contributed by atoms with Crippen LogP contribution in [-0.2, 0) is 27.3 Å². The molecule has 9 nitrogen and oxygen atoms in total. The normalized spacial score (nSPS) is 19.0. The standard InChI is InChI=1S/C33H39N5O4S/c34-15-6-5-11-25-19-38(30(33(41)42)16-24-18-35-28-14-4-3-13-27(24)28)31(39)21-43-20-29(32(40)37-25)36-17-23-10-7-9-22-8-1-2-12-26(22)23/h1-4,7-10,12-14,18,25,29-30,35-36H,5-6,11,15-17,19-21,34H2,(H,37,40)(H,41,42)/t25-,29-,30-/m0/s1. The van der Waals surface area contributed by atoms with Crippen molar-refractivity contribution in [2.24, 2.45) is 5.73 Å². The van der Waals surface area contributed by atoms with E-state index >= 15 is 0 Å². The number of aromatic amines is 1. The van der Waals surface area contributed by atoms with Crippen LogP contribution in [0, 0.1) is 0 Å². The Labute approximate surface area is 255 Å². The molecule has 0 radical (unpaired) electrons. The Morgan fingerprint density at radius 3 is 2.60 bits per heavy atom. The zero-order chi connectivity index (χ0) is 30.2. The molecule has 2 heterocycles. The Kier molecular flexibility index (Phi) is 10.3. The van der Waals surface area contributed by atoms with E-state index in [9.17, 15) is 19.5 Å². The van der Waals surface area contributed by atoms with Gasteiger partial charge in [0.2, 0.25) is 11.8 Å². The third kappa shape index (κ3) is 7.57. The van der Waals surface area contributed by atoms with Crippen LogP contribution < -0.4 is 16.4 Å². The number of nitrogens with two attached hydrogens (primary N) is 1. The summed E-state index contributed by atoms with van der Waals surface area (Å²) >= 11 is 1.35. The minimum absolute atomic E-state index is 0.0902. The van der Waals surface area contributed by atoms with Crippen molar-refractivity contribution in [1.29, 1.82) is 0 Å². The van der Waals surface area contributed by atoms with Gasteiger partial charge in [-0.1, -0.05) is 67.1 Å². The molecule has 1 aromatic heterocycles. The summed E-state index contributed by atoms with van der Waals surface area (Å²) in [5, 5.41) is 20.1. The number of fused-ring (bicyclic) bond motifs is 2. The summed E-state index contributed by atoms with van der Waals surface area (Å²) in [4.78, 5) is 44.5. The van der Waals surface area contributed by atoms with Crippen LogP contribution in [0.5, 0.6) is 0 Å². The van der Waals surface area contributed by atoms with Crippen LogP contribution in [0.25, 0.3) is 21.7 Å². The highest BCUT2D eigenvalue weighted by molar-refractivity contribution is 8.00. The van der Waals surface area contributed by atoms with Crippen molar-refractivity contribution < 1.29 is 19.5 Å². The van der Waals surface area contributed by atoms with Crippen LogP contribution in [0.15, 0.2) is 72.9 Å². The van der Waals surface area contributed by atoms with E-state index in [1.54, 1.807) is 0 Å². The van der Waals surface area contributed by atoms with E-state index in [1.807, 2.05) is 48.7 Å². The highest BCUT2D eigenvalue weighted by Gasteiger charge is 2.34. The lowest BCUT2D eigenvalue weighted by molar-refractivity contribution is -0.149. The number of hydrogen-bond donors (Lipinski definition) is 5. The summed E-state index contributed by atoms with van der Waals surface area (Å²) in [6.07, 6.45) is 4.10. The van der Waals surface area contributed by atoms with Crippen molar-refractivity contribution in [3.63, 3.8) is 0 Å². The first-order valence-corrected chi connectivity index (χ1v) is 16.0. The summed E-state index contributed by atoms with van der Waals surface area (Å²) < 4.78 is 0. The molecule has 1 fully saturated rings. The maximum Gasteiger partial charge on any atom is 0.326 e. The number of H-pyrrole nitrogens is 1. The molecule has 1 aliphatic heterocycles. The van der Waals surface area contributed by atoms with Gasteiger partial charge in [0.05, 0.1) is 11.8 Å². The summed E-state index contributed by atoms with van der Waals surface area (Å²) in [6.45, 7) is 1.14. The van der Waals surface area contributed by atoms with Crippen molar-refractivity contribution in [2.75, 3.05) is 24.6 Å². The first-order valence-electron chi connectivity index (χ1n) is 14.8. The fraction of sp³-hybridized carbons (Fsp3) is 0.364. The number of hydrogen-bond acceptors (Lipinski definition) is 6. The molecule has 6 N–H and O–H groups in total. The maximum atomic E-state index is 13.6. The van der Waals surface area contributed by atoms with Gasteiger partial charge in [0.15, 0.2) is 0 Å². The number of para-hydroxylation sites is 1. The second-order valence-corrected chi connectivity index (χ2v) is 12.1. The number of amides is 2. The number of nitrogens with zero attached hydrogens (tertiary/aromatic N) is 1. The van der Waals surface area contributed by atoms with E-state index in [-0.39, 0.29) is 30.5 Å². The number of benzene rings is 3. The Morgan fingerprint density at radius 2 is 1.79 bits per heavy atom. The molecular formula is C33H39N5O4S. The average Bonchev–Trinajstić information content (AvgIpc) is 3.42. The number of aromatic nitrogens is 1. The van der Waals surface area contributed by atoms with Gasteiger partial charge in [-0.15, -0.1) is 11.8 Å². The molecule has 3 atom stereocenters. The molecule has 0 unspecified atom stereocenters.